The first kappa shape index (κ1) is 24.9. The quantitative estimate of drug-likeness (QED) is 0.488. The topological polar surface area (TPSA) is 120 Å². The van der Waals surface area contributed by atoms with Crippen LogP contribution in [-0.2, 0) is 23.8 Å². The van der Waals surface area contributed by atoms with Crippen molar-refractivity contribution >= 4 is 29.6 Å². The maximum Gasteiger partial charge on any atom is 0.412 e. The zero-order valence-electron chi connectivity index (χ0n) is 18.2. The van der Waals surface area contributed by atoms with E-state index < -0.39 is 42.2 Å². The van der Waals surface area contributed by atoms with Crippen molar-refractivity contribution in [3.8, 4) is 0 Å². The van der Waals surface area contributed by atoms with E-state index in [1.165, 1.54) is 31.4 Å². The number of carbonyl (C=O) groups is 4. The Kier molecular flexibility index (Phi) is 9.29. The third kappa shape index (κ3) is 8.50. The van der Waals surface area contributed by atoms with Crippen LogP contribution in [-0.4, -0.2) is 49.3 Å². The number of ether oxygens (including phenoxy) is 3. The largest absolute Gasteiger partial charge is 0.467 e. The van der Waals surface area contributed by atoms with Gasteiger partial charge >= 0.3 is 18.0 Å². The molecule has 2 amide bonds. The van der Waals surface area contributed by atoms with Crippen LogP contribution < -0.4 is 10.6 Å². The van der Waals surface area contributed by atoms with E-state index in [2.05, 4.69) is 10.6 Å². The van der Waals surface area contributed by atoms with Gasteiger partial charge in [-0.2, -0.15) is 0 Å². The molecule has 0 aliphatic rings. The summed E-state index contributed by atoms with van der Waals surface area (Å²) in [7, 11) is 1.24. The summed E-state index contributed by atoms with van der Waals surface area (Å²) >= 11 is 0. The molecule has 2 atom stereocenters. The summed E-state index contributed by atoms with van der Waals surface area (Å²) in [6, 6.07) is 5.10. The van der Waals surface area contributed by atoms with E-state index in [1.807, 2.05) is 6.92 Å². The van der Waals surface area contributed by atoms with Gasteiger partial charge in [0.15, 0.2) is 6.61 Å². The summed E-state index contributed by atoms with van der Waals surface area (Å²) in [4.78, 5) is 47.8. The second-order valence-electron chi connectivity index (χ2n) is 7.73. The smallest absolute Gasteiger partial charge is 0.412 e. The lowest BCUT2D eigenvalue weighted by Crippen LogP contribution is -2.47. The van der Waals surface area contributed by atoms with E-state index in [0.29, 0.717) is 12.1 Å². The highest BCUT2D eigenvalue weighted by atomic mass is 16.6. The van der Waals surface area contributed by atoms with Crippen molar-refractivity contribution in [1.82, 2.24) is 5.32 Å². The minimum absolute atomic E-state index is 0.137. The first-order valence-corrected chi connectivity index (χ1v) is 9.61. The molecule has 0 spiro atoms. The van der Waals surface area contributed by atoms with E-state index in [-0.39, 0.29) is 11.5 Å². The predicted molar refractivity (Wildman–Crippen MR) is 110 cm³/mol. The van der Waals surface area contributed by atoms with Gasteiger partial charge in [0.25, 0.3) is 5.91 Å². The maximum atomic E-state index is 12.1. The number of benzene rings is 1. The van der Waals surface area contributed by atoms with Crippen LogP contribution in [0, 0.1) is 5.92 Å². The highest BCUT2D eigenvalue weighted by Crippen LogP contribution is 2.14. The normalized spacial score (nSPS) is 12.9. The average molecular weight is 422 g/mol. The number of esters is 2. The molecule has 166 valence electrons. The molecule has 0 aliphatic heterocycles. The van der Waals surface area contributed by atoms with Gasteiger partial charge in [-0.15, -0.1) is 0 Å². The van der Waals surface area contributed by atoms with Crippen molar-refractivity contribution in [2.45, 2.75) is 52.7 Å². The summed E-state index contributed by atoms with van der Waals surface area (Å²) in [5.41, 5.74) is 0.00734. The molecular formula is C21H30N2O7. The van der Waals surface area contributed by atoms with Crippen molar-refractivity contribution < 1.29 is 33.4 Å². The lowest BCUT2D eigenvalue weighted by Gasteiger charge is -2.21. The van der Waals surface area contributed by atoms with Gasteiger partial charge in [-0.3, -0.25) is 10.1 Å². The first-order valence-electron chi connectivity index (χ1n) is 9.61. The van der Waals surface area contributed by atoms with Gasteiger partial charge in [-0.1, -0.05) is 20.3 Å². The molecule has 0 heterocycles. The van der Waals surface area contributed by atoms with Crippen molar-refractivity contribution in [3.63, 3.8) is 0 Å². The number of nitrogens with one attached hydrogen (secondary N) is 2. The Balaban J connectivity index is 2.59. The fourth-order valence-electron chi connectivity index (χ4n) is 2.34. The van der Waals surface area contributed by atoms with Gasteiger partial charge in [-0.25, -0.2) is 14.4 Å². The summed E-state index contributed by atoms with van der Waals surface area (Å²) in [6.45, 7) is 8.39. The molecule has 1 aromatic carbocycles. The molecule has 2 N–H and O–H groups in total. The zero-order chi connectivity index (χ0) is 22.9. The molecule has 0 saturated heterocycles. The lowest BCUT2D eigenvalue weighted by atomic mass is 9.99. The Morgan fingerprint density at radius 3 is 2.17 bits per heavy atom. The highest BCUT2D eigenvalue weighted by molar-refractivity contribution is 5.93. The summed E-state index contributed by atoms with van der Waals surface area (Å²) < 4.78 is 14.8. The molecule has 0 aliphatic carbocycles. The number of amides is 2. The van der Waals surface area contributed by atoms with Crippen LogP contribution in [0.5, 0.6) is 0 Å². The summed E-state index contributed by atoms with van der Waals surface area (Å²) in [5.74, 6) is -2.02. The van der Waals surface area contributed by atoms with Gasteiger partial charge in [0.2, 0.25) is 0 Å². The van der Waals surface area contributed by atoms with E-state index in [1.54, 1.807) is 27.7 Å². The van der Waals surface area contributed by atoms with Crippen LogP contribution in [0.1, 0.15) is 51.4 Å². The standard InChI is InChI=1S/C21H30N2O7/c1-7-13(2)17(19(26)28-6)23-16(24)12-29-18(25)14-8-10-15(11-9-14)22-20(27)30-21(3,4)5/h8-11,13,17H,7,12H2,1-6H3,(H,22,27)(H,23,24)/t13-,17+/m0/s1. The SMILES string of the molecule is CC[C@H](C)[C@@H](NC(=O)COC(=O)c1ccc(NC(=O)OC(C)(C)C)cc1)C(=O)OC. The van der Waals surface area contributed by atoms with Crippen LogP contribution in [0.15, 0.2) is 24.3 Å². The minimum Gasteiger partial charge on any atom is -0.467 e. The van der Waals surface area contributed by atoms with Gasteiger partial charge in [0.05, 0.1) is 12.7 Å². The van der Waals surface area contributed by atoms with Crippen molar-refractivity contribution in [2.24, 2.45) is 5.92 Å². The fourth-order valence-corrected chi connectivity index (χ4v) is 2.34. The molecule has 0 radical (unpaired) electrons. The van der Waals surface area contributed by atoms with Crippen LogP contribution in [0.25, 0.3) is 0 Å². The van der Waals surface area contributed by atoms with Crippen molar-refractivity contribution in [1.29, 1.82) is 0 Å². The first-order chi connectivity index (χ1) is 14.0. The number of hydrogen-bond acceptors (Lipinski definition) is 7. The molecular weight excluding hydrogens is 392 g/mol. The Bertz CT molecular complexity index is 754. The van der Waals surface area contributed by atoms with Crippen molar-refractivity contribution in [3.05, 3.63) is 29.8 Å². The van der Waals surface area contributed by atoms with Crippen LogP contribution in [0.3, 0.4) is 0 Å². The van der Waals surface area contributed by atoms with Crippen LogP contribution in [0.2, 0.25) is 0 Å². The number of rotatable bonds is 8. The monoisotopic (exact) mass is 422 g/mol. The van der Waals surface area contributed by atoms with E-state index in [9.17, 15) is 19.2 Å². The van der Waals surface area contributed by atoms with Gasteiger partial charge in [0.1, 0.15) is 11.6 Å². The number of hydrogen-bond donors (Lipinski definition) is 2. The Hall–Kier alpha value is -3.10. The van der Waals surface area contributed by atoms with Crippen molar-refractivity contribution in [2.75, 3.05) is 19.0 Å². The Morgan fingerprint density at radius 1 is 1.07 bits per heavy atom. The molecule has 0 bridgehead atoms. The predicted octanol–water partition coefficient (Wildman–Crippen LogP) is 2.89. The van der Waals surface area contributed by atoms with Gasteiger partial charge in [-0.05, 0) is 51.0 Å². The molecule has 9 heteroatoms. The average Bonchev–Trinajstić information content (AvgIpc) is 2.68. The molecule has 0 aromatic heterocycles. The van der Waals surface area contributed by atoms with E-state index in [0.717, 1.165) is 0 Å². The van der Waals surface area contributed by atoms with Gasteiger partial charge in [0, 0.05) is 5.69 Å². The van der Waals surface area contributed by atoms with E-state index in [4.69, 9.17) is 14.2 Å². The minimum atomic E-state index is -0.815. The summed E-state index contributed by atoms with van der Waals surface area (Å²) in [6.07, 6.45) is 0.0414. The molecule has 1 rings (SSSR count). The molecule has 0 fully saturated rings. The van der Waals surface area contributed by atoms with Crippen LogP contribution in [0.4, 0.5) is 10.5 Å². The van der Waals surface area contributed by atoms with E-state index >= 15 is 0 Å². The Labute approximate surface area is 176 Å². The fraction of sp³-hybridized carbons (Fsp3) is 0.524. The molecule has 9 nitrogen and oxygen atoms in total. The molecule has 30 heavy (non-hydrogen) atoms. The number of carbonyl (C=O) groups excluding carboxylic acids is 4. The second kappa shape index (κ2) is 11.2. The molecule has 1 aromatic rings. The lowest BCUT2D eigenvalue weighted by molar-refractivity contribution is -0.147. The summed E-state index contributed by atoms with van der Waals surface area (Å²) in [5, 5.41) is 5.07. The third-order valence-electron chi connectivity index (χ3n) is 4.08. The Morgan fingerprint density at radius 2 is 1.67 bits per heavy atom. The second-order valence-corrected chi connectivity index (χ2v) is 7.73. The zero-order valence-corrected chi connectivity index (χ0v) is 18.2. The van der Waals surface area contributed by atoms with Crippen LogP contribution >= 0.6 is 0 Å². The molecule has 0 saturated carbocycles. The maximum absolute atomic E-state index is 12.1. The number of methoxy groups -OCH3 is 1. The third-order valence-corrected chi connectivity index (χ3v) is 4.08. The molecule has 0 unspecified atom stereocenters. The highest BCUT2D eigenvalue weighted by Gasteiger charge is 2.27. The van der Waals surface area contributed by atoms with Gasteiger partial charge < -0.3 is 19.5 Å². The number of anilines is 1.